The van der Waals surface area contributed by atoms with Gasteiger partial charge in [-0.15, -0.1) is 11.3 Å². The van der Waals surface area contributed by atoms with E-state index in [1.165, 1.54) is 17.6 Å². The Morgan fingerprint density at radius 2 is 1.93 bits per heavy atom. The van der Waals surface area contributed by atoms with Crippen molar-refractivity contribution >= 4 is 34.8 Å². The lowest BCUT2D eigenvalue weighted by Gasteiger charge is -2.31. The van der Waals surface area contributed by atoms with Gasteiger partial charge in [0.25, 0.3) is 5.91 Å². The predicted molar refractivity (Wildman–Crippen MR) is 117 cm³/mol. The first-order valence-corrected chi connectivity index (χ1v) is 11.3. The van der Waals surface area contributed by atoms with Gasteiger partial charge in [-0.3, -0.25) is 9.59 Å². The van der Waals surface area contributed by atoms with Crippen molar-refractivity contribution in [3.05, 3.63) is 81.4 Å². The van der Waals surface area contributed by atoms with Crippen LogP contribution in [0.1, 0.15) is 52.7 Å². The number of hydrogen-bond donors (Lipinski definition) is 1. The third-order valence-electron chi connectivity index (χ3n) is 5.37. The molecule has 3 aromatic rings. The van der Waals surface area contributed by atoms with E-state index in [2.05, 4.69) is 5.32 Å². The van der Waals surface area contributed by atoms with Crippen LogP contribution < -0.4 is 5.32 Å². The molecule has 1 aliphatic carbocycles. The predicted octanol–water partition coefficient (Wildman–Crippen LogP) is 5.44. The highest BCUT2D eigenvalue weighted by atomic mass is 35.5. The Kier molecular flexibility index (Phi) is 6.55. The fraction of sp³-hybridized carbons (Fsp3) is 0.304. The van der Waals surface area contributed by atoms with E-state index in [1.54, 1.807) is 23.1 Å². The van der Waals surface area contributed by atoms with Crippen molar-refractivity contribution in [2.75, 3.05) is 0 Å². The molecule has 7 heteroatoms. The first-order valence-electron chi connectivity index (χ1n) is 10.0. The van der Waals surface area contributed by atoms with E-state index in [-0.39, 0.29) is 30.2 Å². The van der Waals surface area contributed by atoms with Gasteiger partial charge in [0.05, 0.1) is 6.26 Å². The van der Waals surface area contributed by atoms with Crippen LogP contribution in [0.2, 0.25) is 5.02 Å². The lowest BCUT2D eigenvalue weighted by Crippen LogP contribution is -2.45. The Morgan fingerprint density at radius 1 is 1.13 bits per heavy atom. The number of furan rings is 1. The fourth-order valence-corrected chi connectivity index (χ4v) is 4.88. The number of hydrogen-bond acceptors (Lipinski definition) is 4. The topological polar surface area (TPSA) is 62.6 Å². The third-order valence-corrected chi connectivity index (χ3v) is 6.66. The van der Waals surface area contributed by atoms with E-state index in [0.717, 1.165) is 36.1 Å². The van der Waals surface area contributed by atoms with Gasteiger partial charge in [0.1, 0.15) is 6.04 Å². The molecule has 1 saturated carbocycles. The second kappa shape index (κ2) is 9.49. The Bertz CT molecular complexity index is 982. The van der Waals surface area contributed by atoms with Gasteiger partial charge < -0.3 is 14.6 Å². The molecule has 1 N–H and O–H groups in total. The molecule has 4 rings (SSSR count). The normalized spacial score (nSPS) is 15.1. The van der Waals surface area contributed by atoms with Crippen LogP contribution >= 0.6 is 22.9 Å². The van der Waals surface area contributed by atoms with Crippen molar-refractivity contribution in [2.45, 2.75) is 44.3 Å². The monoisotopic (exact) mass is 442 g/mol. The minimum Gasteiger partial charge on any atom is -0.459 e. The molecule has 2 amide bonds. The Hall–Kier alpha value is -2.57. The summed E-state index contributed by atoms with van der Waals surface area (Å²) in [6, 6.07) is 13.8. The molecule has 0 aliphatic heterocycles. The van der Waals surface area contributed by atoms with Crippen LogP contribution in [0.4, 0.5) is 0 Å². The zero-order valence-corrected chi connectivity index (χ0v) is 18.0. The summed E-state index contributed by atoms with van der Waals surface area (Å²) in [7, 11) is 0. The SMILES string of the molecule is O=C(NC1CCCC1)C(c1cccs1)N(Cc1ccccc1Cl)C(=O)c1ccco1. The van der Waals surface area contributed by atoms with E-state index in [1.807, 2.05) is 35.7 Å². The minimum absolute atomic E-state index is 0.154. The molecular formula is C23H23ClN2O3S. The maximum absolute atomic E-state index is 13.4. The van der Waals surface area contributed by atoms with Crippen LogP contribution in [0.15, 0.2) is 64.6 Å². The van der Waals surface area contributed by atoms with Crippen LogP contribution in [0.3, 0.4) is 0 Å². The van der Waals surface area contributed by atoms with Crippen LogP contribution in [-0.4, -0.2) is 22.8 Å². The molecule has 1 fully saturated rings. The summed E-state index contributed by atoms with van der Waals surface area (Å²) in [4.78, 5) is 29.2. The number of rotatable bonds is 7. The summed E-state index contributed by atoms with van der Waals surface area (Å²) in [6.07, 6.45) is 5.63. The maximum Gasteiger partial charge on any atom is 0.290 e. The van der Waals surface area contributed by atoms with Crippen molar-refractivity contribution in [1.82, 2.24) is 10.2 Å². The Morgan fingerprint density at radius 3 is 2.60 bits per heavy atom. The molecule has 0 bridgehead atoms. The van der Waals surface area contributed by atoms with E-state index >= 15 is 0 Å². The first kappa shape index (κ1) is 20.7. The number of nitrogens with one attached hydrogen (secondary N) is 1. The molecule has 1 atom stereocenters. The molecule has 1 aromatic carbocycles. The molecule has 5 nitrogen and oxygen atoms in total. The van der Waals surface area contributed by atoms with Gasteiger partial charge in [-0.05, 0) is 48.1 Å². The van der Waals surface area contributed by atoms with Crippen LogP contribution in [-0.2, 0) is 11.3 Å². The van der Waals surface area contributed by atoms with Crippen LogP contribution in [0.5, 0.6) is 0 Å². The molecule has 1 aliphatic rings. The van der Waals surface area contributed by atoms with Crippen molar-refractivity contribution in [3.63, 3.8) is 0 Å². The van der Waals surface area contributed by atoms with Gasteiger partial charge in [0.2, 0.25) is 5.91 Å². The Labute approximate surface area is 184 Å². The molecular weight excluding hydrogens is 420 g/mol. The first-order chi connectivity index (χ1) is 14.6. The van der Waals surface area contributed by atoms with E-state index in [9.17, 15) is 9.59 Å². The fourth-order valence-electron chi connectivity index (χ4n) is 3.85. The van der Waals surface area contributed by atoms with Gasteiger partial charge in [-0.25, -0.2) is 0 Å². The van der Waals surface area contributed by atoms with E-state index in [4.69, 9.17) is 16.0 Å². The van der Waals surface area contributed by atoms with Crippen molar-refractivity contribution in [2.24, 2.45) is 0 Å². The van der Waals surface area contributed by atoms with Gasteiger partial charge in [0, 0.05) is 22.5 Å². The zero-order valence-electron chi connectivity index (χ0n) is 16.4. The molecule has 30 heavy (non-hydrogen) atoms. The van der Waals surface area contributed by atoms with Gasteiger partial charge in [-0.2, -0.15) is 0 Å². The molecule has 1 unspecified atom stereocenters. The number of halogens is 1. The highest BCUT2D eigenvalue weighted by Gasteiger charge is 2.35. The van der Waals surface area contributed by atoms with Crippen LogP contribution in [0.25, 0.3) is 0 Å². The molecule has 0 radical (unpaired) electrons. The largest absolute Gasteiger partial charge is 0.459 e. The maximum atomic E-state index is 13.4. The summed E-state index contributed by atoms with van der Waals surface area (Å²) in [6.45, 7) is 0.194. The van der Waals surface area contributed by atoms with Gasteiger partial charge in [-0.1, -0.05) is 48.7 Å². The van der Waals surface area contributed by atoms with Crippen LogP contribution in [0, 0.1) is 0 Å². The quantitative estimate of drug-likeness (QED) is 0.530. The molecule has 0 saturated heterocycles. The van der Waals surface area contributed by atoms with Crippen molar-refractivity contribution in [1.29, 1.82) is 0 Å². The molecule has 2 aromatic heterocycles. The third kappa shape index (κ3) is 4.60. The second-order valence-corrected chi connectivity index (χ2v) is 8.80. The van der Waals surface area contributed by atoms with E-state index < -0.39 is 6.04 Å². The van der Waals surface area contributed by atoms with E-state index in [0.29, 0.717) is 5.02 Å². The van der Waals surface area contributed by atoms with Crippen molar-refractivity contribution < 1.29 is 14.0 Å². The number of benzene rings is 1. The smallest absolute Gasteiger partial charge is 0.290 e. The lowest BCUT2D eigenvalue weighted by molar-refractivity contribution is -0.126. The summed E-state index contributed by atoms with van der Waals surface area (Å²) < 4.78 is 5.37. The number of thiophene rings is 1. The average molecular weight is 443 g/mol. The summed E-state index contributed by atoms with van der Waals surface area (Å²) in [5.41, 5.74) is 0.772. The Balaban J connectivity index is 1.71. The number of amides is 2. The number of carbonyl (C=O) groups is 2. The molecule has 156 valence electrons. The molecule has 0 spiro atoms. The average Bonchev–Trinajstić information content (AvgIpc) is 3.52. The highest BCUT2D eigenvalue weighted by molar-refractivity contribution is 7.10. The summed E-state index contributed by atoms with van der Waals surface area (Å²) >= 11 is 7.84. The molecule has 2 heterocycles. The standard InChI is InChI=1S/C23H23ClN2O3S/c24-18-10-4-1-7-16(18)15-26(23(28)19-11-5-13-29-19)21(20-12-6-14-30-20)22(27)25-17-8-2-3-9-17/h1,4-7,10-14,17,21H,2-3,8-9,15H2,(H,25,27). The van der Waals surface area contributed by atoms with Crippen molar-refractivity contribution in [3.8, 4) is 0 Å². The summed E-state index contributed by atoms with van der Waals surface area (Å²) in [5, 5.41) is 5.62. The highest BCUT2D eigenvalue weighted by Crippen LogP contribution is 2.31. The van der Waals surface area contributed by atoms with Gasteiger partial charge >= 0.3 is 0 Å². The number of nitrogens with zero attached hydrogens (tertiary/aromatic N) is 1. The lowest BCUT2D eigenvalue weighted by atomic mass is 10.1. The number of carbonyl (C=O) groups excluding carboxylic acids is 2. The second-order valence-electron chi connectivity index (χ2n) is 7.41. The minimum atomic E-state index is -0.764. The summed E-state index contributed by atoms with van der Waals surface area (Å²) in [5.74, 6) is -0.325. The van der Waals surface area contributed by atoms with Gasteiger partial charge in [0.15, 0.2) is 5.76 Å². The zero-order chi connectivity index (χ0) is 20.9.